The largest absolute Gasteiger partial charge is 0.455 e. The standard InChI is InChI=1S/C21H18F5N3O3S/c1-2-33(31,32)17-7-6-14(12-3-4-12)28-19(17)15-9-13-5-8-18(30)29(16(13)10-27-15)11-20(22,23)21(24,25)26/h5-10,12H,2-4,11H2,1H3. The van der Waals surface area contributed by atoms with E-state index in [1.165, 1.54) is 25.1 Å². The molecule has 1 aliphatic rings. The second-order valence-electron chi connectivity index (χ2n) is 7.85. The predicted molar refractivity (Wildman–Crippen MR) is 110 cm³/mol. The van der Waals surface area contributed by atoms with Crippen molar-refractivity contribution >= 4 is 20.7 Å². The van der Waals surface area contributed by atoms with Crippen molar-refractivity contribution in [3.63, 3.8) is 0 Å². The summed E-state index contributed by atoms with van der Waals surface area (Å²) in [6.45, 7) is -0.431. The molecule has 1 saturated carbocycles. The first-order valence-corrected chi connectivity index (χ1v) is 11.7. The summed E-state index contributed by atoms with van der Waals surface area (Å²) in [5, 5.41) is 0.135. The molecule has 0 amide bonds. The zero-order valence-electron chi connectivity index (χ0n) is 17.2. The third-order valence-corrected chi connectivity index (χ3v) is 7.24. The summed E-state index contributed by atoms with van der Waals surface area (Å²) in [5.41, 5.74) is -0.430. The zero-order valence-corrected chi connectivity index (χ0v) is 18.1. The van der Waals surface area contributed by atoms with Gasteiger partial charge in [-0.1, -0.05) is 6.92 Å². The van der Waals surface area contributed by atoms with Crippen molar-refractivity contribution in [2.45, 2.75) is 49.2 Å². The predicted octanol–water partition coefficient (Wildman–Crippen LogP) is 4.33. The van der Waals surface area contributed by atoms with Crippen LogP contribution in [0.3, 0.4) is 0 Å². The van der Waals surface area contributed by atoms with E-state index in [0.717, 1.165) is 25.1 Å². The second-order valence-corrected chi connectivity index (χ2v) is 10.1. The van der Waals surface area contributed by atoms with E-state index in [1.807, 2.05) is 0 Å². The number of hydrogen-bond donors (Lipinski definition) is 0. The molecule has 12 heteroatoms. The molecule has 3 aromatic rings. The number of alkyl halides is 5. The van der Waals surface area contributed by atoms with E-state index in [2.05, 4.69) is 9.97 Å². The van der Waals surface area contributed by atoms with E-state index in [1.54, 1.807) is 6.07 Å². The maximum absolute atomic E-state index is 13.6. The van der Waals surface area contributed by atoms with Crippen LogP contribution in [0.1, 0.15) is 31.4 Å². The number of pyridine rings is 3. The summed E-state index contributed by atoms with van der Waals surface area (Å²) in [6.07, 6.45) is -3.03. The maximum Gasteiger partial charge on any atom is 0.455 e. The molecule has 3 heterocycles. The van der Waals surface area contributed by atoms with Gasteiger partial charge in [0, 0.05) is 23.1 Å². The number of aromatic nitrogens is 3. The van der Waals surface area contributed by atoms with Crippen molar-refractivity contribution in [3.05, 3.63) is 52.6 Å². The Balaban J connectivity index is 1.87. The molecule has 0 radical (unpaired) electrons. The van der Waals surface area contributed by atoms with Crippen molar-refractivity contribution < 1.29 is 30.4 Å². The lowest BCUT2D eigenvalue weighted by Crippen LogP contribution is -2.42. The third kappa shape index (κ3) is 4.35. The summed E-state index contributed by atoms with van der Waals surface area (Å²) >= 11 is 0. The lowest BCUT2D eigenvalue weighted by Gasteiger charge is -2.21. The molecular formula is C21H18F5N3O3S. The lowest BCUT2D eigenvalue weighted by atomic mass is 10.1. The van der Waals surface area contributed by atoms with Crippen LogP contribution in [0.4, 0.5) is 22.0 Å². The maximum atomic E-state index is 13.6. The molecule has 0 N–H and O–H groups in total. The van der Waals surface area contributed by atoms with Gasteiger partial charge in [-0.25, -0.2) is 13.4 Å². The van der Waals surface area contributed by atoms with Crippen molar-refractivity contribution in [2.24, 2.45) is 0 Å². The molecule has 176 valence electrons. The normalized spacial score (nSPS) is 15.2. The molecule has 33 heavy (non-hydrogen) atoms. The summed E-state index contributed by atoms with van der Waals surface area (Å²) in [6, 6.07) is 6.54. The van der Waals surface area contributed by atoms with Gasteiger partial charge in [0.05, 0.1) is 34.6 Å². The van der Waals surface area contributed by atoms with Crippen LogP contribution in [0.2, 0.25) is 0 Å². The Bertz CT molecular complexity index is 1400. The highest BCUT2D eigenvalue weighted by atomic mass is 32.2. The highest BCUT2D eigenvalue weighted by Crippen LogP contribution is 2.41. The first-order chi connectivity index (χ1) is 15.3. The van der Waals surface area contributed by atoms with Crippen molar-refractivity contribution in [3.8, 4) is 11.4 Å². The van der Waals surface area contributed by atoms with Crippen molar-refractivity contribution in [1.82, 2.24) is 14.5 Å². The first-order valence-electron chi connectivity index (χ1n) is 10.0. The van der Waals surface area contributed by atoms with Crippen LogP contribution < -0.4 is 5.56 Å². The Morgan fingerprint density at radius 3 is 2.39 bits per heavy atom. The van der Waals surface area contributed by atoms with Crippen LogP contribution in [-0.4, -0.2) is 40.8 Å². The number of sulfone groups is 1. The number of halogens is 5. The lowest BCUT2D eigenvalue weighted by molar-refractivity contribution is -0.286. The topological polar surface area (TPSA) is 81.9 Å². The molecule has 1 fully saturated rings. The van der Waals surface area contributed by atoms with Gasteiger partial charge in [0.25, 0.3) is 5.56 Å². The minimum atomic E-state index is -5.83. The molecule has 0 aliphatic heterocycles. The Morgan fingerprint density at radius 2 is 1.79 bits per heavy atom. The molecule has 0 atom stereocenters. The fraction of sp³-hybridized carbons (Fsp3) is 0.381. The van der Waals surface area contributed by atoms with Gasteiger partial charge in [-0.3, -0.25) is 9.78 Å². The van der Waals surface area contributed by atoms with Gasteiger partial charge in [0.2, 0.25) is 0 Å². The van der Waals surface area contributed by atoms with Crippen LogP contribution in [0, 0.1) is 0 Å². The van der Waals surface area contributed by atoms with E-state index >= 15 is 0 Å². The first kappa shape index (κ1) is 23.3. The summed E-state index contributed by atoms with van der Waals surface area (Å²) < 4.78 is 90.8. The van der Waals surface area contributed by atoms with Crippen molar-refractivity contribution in [1.29, 1.82) is 0 Å². The SMILES string of the molecule is CCS(=O)(=O)c1ccc(C2CC2)nc1-c1cc2ccc(=O)n(CC(F)(F)C(F)(F)F)c2cn1. The number of rotatable bonds is 6. The zero-order chi connectivity index (χ0) is 24.2. The van der Waals surface area contributed by atoms with E-state index in [-0.39, 0.29) is 38.9 Å². The van der Waals surface area contributed by atoms with Crippen LogP contribution in [0.15, 0.2) is 46.2 Å². The van der Waals surface area contributed by atoms with Crippen LogP contribution in [0.5, 0.6) is 0 Å². The van der Waals surface area contributed by atoms with E-state index in [9.17, 15) is 35.2 Å². The minimum Gasteiger partial charge on any atom is -0.300 e. The van der Waals surface area contributed by atoms with E-state index < -0.39 is 34.0 Å². The number of nitrogens with zero attached hydrogens (tertiary/aromatic N) is 3. The average molecular weight is 487 g/mol. The monoisotopic (exact) mass is 487 g/mol. The Hall–Kier alpha value is -2.89. The fourth-order valence-electron chi connectivity index (χ4n) is 3.43. The molecule has 0 saturated heterocycles. The summed E-state index contributed by atoms with van der Waals surface area (Å²) in [4.78, 5) is 20.6. The Labute approximate surface area is 185 Å². The second kappa shape index (κ2) is 7.86. The molecule has 4 rings (SSSR count). The molecular weight excluding hydrogens is 469 g/mol. The Morgan fingerprint density at radius 1 is 1.09 bits per heavy atom. The third-order valence-electron chi connectivity index (χ3n) is 5.48. The molecule has 0 aromatic carbocycles. The van der Waals surface area contributed by atoms with Crippen LogP contribution >= 0.6 is 0 Å². The molecule has 3 aromatic heterocycles. The van der Waals surface area contributed by atoms with Gasteiger partial charge in [-0.2, -0.15) is 22.0 Å². The van der Waals surface area contributed by atoms with Crippen molar-refractivity contribution in [2.75, 3.05) is 5.75 Å². The smallest absolute Gasteiger partial charge is 0.300 e. The highest BCUT2D eigenvalue weighted by molar-refractivity contribution is 7.91. The average Bonchev–Trinajstić information content (AvgIpc) is 3.59. The van der Waals surface area contributed by atoms with E-state index in [4.69, 9.17) is 0 Å². The van der Waals surface area contributed by atoms with Gasteiger partial charge in [-0.15, -0.1) is 0 Å². The molecule has 0 bridgehead atoms. The van der Waals surface area contributed by atoms with Crippen LogP contribution in [0.25, 0.3) is 22.3 Å². The molecule has 1 aliphatic carbocycles. The molecule has 0 spiro atoms. The van der Waals surface area contributed by atoms with Gasteiger partial charge >= 0.3 is 12.1 Å². The quantitative estimate of drug-likeness (QED) is 0.484. The summed E-state index contributed by atoms with van der Waals surface area (Å²) in [7, 11) is -3.69. The van der Waals surface area contributed by atoms with Gasteiger partial charge in [0.1, 0.15) is 5.69 Å². The Kier molecular flexibility index (Phi) is 5.54. The molecule has 6 nitrogen and oxygen atoms in total. The highest BCUT2D eigenvalue weighted by Gasteiger charge is 2.57. The van der Waals surface area contributed by atoms with Gasteiger partial charge in [0.15, 0.2) is 9.84 Å². The minimum absolute atomic E-state index is 0.0572. The molecule has 0 unspecified atom stereocenters. The van der Waals surface area contributed by atoms with Crippen LogP contribution in [-0.2, 0) is 16.4 Å². The van der Waals surface area contributed by atoms with E-state index in [0.29, 0.717) is 10.3 Å². The fourth-order valence-corrected chi connectivity index (χ4v) is 4.46. The number of hydrogen-bond acceptors (Lipinski definition) is 5. The number of fused-ring (bicyclic) bond motifs is 1. The van der Waals surface area contributed by atoms with Gasteiger partial charge in [-0.05, 0) is 37.1 Å². The van der Waals surface area contributed by atoms with Gasteiger partial charge < -0.3 is 4.57 Å². The summed E-state index contributed by atoms with van der Waals surface area (Å²) in [5.74, 6) is -5.12.